The number of nitrogens with zero attached hydrogens (tertiary/aromatic N) is 4. The molecule has 1 aromatic heterocycles. The van der Waals surface area contributed by atoms with Gasteiger partial charge >= 0.3 is 0 Å². The lowest BCUT2D eigenvalue weighted by atomic mass is 9.91. The van der Waals surface area contributed by atoms with Crippen molar-refractivity contribution in [3.8, 4) is 5.75 Å². The van der Waals surface area contributed by atoms with Crippen molar-refractivity contribution in [2.75, 3.05) is 33.3 Å². The SMILES string of the molecule is COc1ccc(CN2CCCNC(=O)CCC(c3ccccc3)CCNC(=O)C2)cc1Cn1cncn1. The lowest BCUT2D eigenvalue weighted by Crippen LogP contribution is -2.39. The average molecular weight is 505 g/mol. The van der Waals surface area contributed by atoms with Crippen molar-refractivity contribution in [1.82, 2.24) is 30.3 Å². The summed E-state index contributed by atoms with van der Waals surface area (Å²) < 4.78 is 7.29. The van der Waals surface area contributed by atoms with E-state index in [-0.39, 0.29) is 17.7 Å². The number of carbonyl (C=O) groups is 2. The molecule has 37 heavy (non-hydrogen) atoms. The first kappa shape index (κ1) is 26.3. The van der Waals surface area contributed by atoms with Gasteiger partial charge in [-0.15, -0.1) is 0 Å². The van der Waals surface area contributed by atoms with Crippen molar-refractivity contribution in [1.29, 1.82) is 0 Å². The third kappa shape index (κ3) is 8.15. The fraction of sp³-hybridized carbons (Fsp3) is 0.429. The van der Waals surface area contributed by atoms with E-state index < -0.39 is 0 Å². The zero-order chi connectivity index (χ0) is 25.9. The summed E-state index contributed by atoms with van der Waals surface area (Å²) in [6.07, 6.45) is 6.00. The zero-order valence-corrected chi connectivity index (χ0v) is 21.4. The van der Waals surface area contributed by atoms with Crippen LogP contribution < -0.4 is 15.4 Å². The molecule has 9 heteroatoms. The minimum absolute atomic E-state index is 0.0178. The first-order valence-electron chi connectivity index (χ1n) is 12.9. The summed E-state index contributed by atoms with van der Waals surface area (Å²) in [5, 5.41) is 10.4. The van der Waals surface area contributed by atoms with E-state index in [4.69, 9.17) is 4.74 Å². The van der Waals surface area contributed by atoms with Crippen LogP contribution in [0.15, 0.2) is 61.2 Å². The number of hydrogen-bond donors (Lipinski definition) is 2. The van der Waals surface area contributed by atoms with Gasteiger partial charge in [0.2, 0.25) is 11.8 Å². The van der Waals surface area contributed by atoms with Crippen LogP contribution in [0, 0.1) is 0 Å². The van der Waals surface area contributed by atoms with Gasteiger partial charge in [-0.25, -0.2) is 9.67 Å². The zero-order valence-electron chi connectivity index (χ0n) is 21.4. The lowest BCUT2D eigenvalue weighted by molar-refractivity contribution is -0.123. The molecule has 0 saturated carbocycles. The molecule has 1 aliphatic heterocycles. The van der Waals surface area contributed by atoms with Crippen molar-refractivity contribution in [3.05, 3.63) is 77.9 Å². The van der Waals surface area contributed by atoms with Crippen LogP contribution in [-0.4, -0.2) is 64.8 Å². The van der Waals surface area contributed by atoms with E-state index in [1.165, 1.54) is 11.9 Å². The van der Waals surface area contributed by atoms with Gasteiger partial charge in [-0.1, -0.05) is 36.4 Å². The van der Waals surface area contributed by atoms with E-state index in [0.717, 1.165) is 36.1 Å². The molecule has 4 rings (SSSR count). The van der Waals surface area contributed by atoms with E-state index in [9.17, 15) is 9.59 Å². The third-order valence-electron chi connectivity index (χ3n) is 6.70. The summed E-state index contributed by atoms with van der Waals surface area (Å²) in [6.45, 7) is 3.33. The van der Waals surface area contributed by atoms with E-state index in [0.29, 0.717) is 45.7 Å². The van der Waals surface area contributed by atoms with Gasteiger partial charge in [0, 0.05) is 38.2 Å². The van der Waals surface area contributed by atoms with Crippen LogP contribution in [0.1, 0.15) is 48.3 Å². The molecule has 0 aliphatic carbocycles. The van der Waals surface area contributed by atoms with Crippen LogP contribution in [0.2, 0.25) is 0 Å². The summed E-state index contributed by atoms with van der Waals surface area (Å²) in [5.74, 6) is 1.12. The van der Waals surface area contributed by atoms with Gasteiger partial charge in [-0.3, -0.25) is 14.5 Å². The quantitative estimate of drug-likeness (QED) is 0.535. The van der Waals surface area contributed by atoms with Crippen LogP contribution in [0.25, 0.3) is 0 Å². The van der Waals surface area contributed by atoms with Crippen molar-refractivity contribution >= 4 is 11.8 Å². The van der Waals surface area contributed by atoms with Gasteiger partial charge in [0.1, 0.15) is 18.4 Å². The molecule has 0 radical (unpaired) electrons. The average Bonchev–Trinajstić information content (AvgIpc) is 3.42. The van der Waals surface area contributed by atoms with Gasteiger partial charge in [0.25, 0.3) is 0 Å². The highest BCUT2D eigenvalue weighted by molar-refractivity contribution is 5.78. The first-order valence-corrected chi connectivity index (χ1v) is 12.9. The minimum atomic E-state index is 0.0178. The van der Waals surface area contributed by atoms with Crippen molar-refractivity contribution < 1.29 is 14.3 Å². The summed E-state index contributed by atoms with van der Waals surface area (Å²) in [4.78, 5) is 31.5. The molecule has 2 aromatic carbocycles. The maximum absolute atomic E-state index is 12.9. The second-order valence-corrected chi connectivity index (χ2v) is 9.44. The highest BCUT2D eigenvalue weighted by atomic mass is 16.5. The lowest BCUT2D eigenvalue weighted by Gasteiger charge is -2.24. The predicted octanol–water partition coefficient (Wildman–Crippen LogP) is 2.73. The standard InChI is InChI=1S/C28H36N6O3/c1-37-26-10-8-22(16-25(26)18-34-21-29-20-32-34)17-33-15-5-13-30-27(35)11-9-24(12-14-31-28(36)19-33)23-6-3-2-4-7-23/h2-4,6-8,10,16,20-21,24H,5,9,11-15,17-19H2,1H3,(H,30,35)(H,31,36). The number of ether oxygens (including phenoxy) is 1. The van der Waals surface area contributed by atoms with Crippen LogP contribution in [0.5, 0.6) is 5.75 Å². The Morgan fingerprint density at radius 3 is 2.62 bits per heavy atom. The number of amides is 2. The second kappa shape index (κ2) is 13.5. The summed E-state index contributed by atoms with van der Waals surface area (Å²) >= 11 is 0. The summed E-state index contributed by atoms with van der Waals surface area (Å²) in [7, 11) is 1.65. The fourth-order valence-corrected chi connectivity index (χ4v) is 4.79. The normalized spacial score (nSPS) is 18.5. The second-order valence-electron chi connectivity index (χ2n) is 9.44. The van der Waals surface area contributed by atoms with Gasteiger partial charge in [-0.2, -0.15) is 5.10 Å². The molecule has 1 aliphatic rings. The topological polar surface area (TPSA) is 101 Å². The molecule has 0 spiro atoms. The Balaban J connectivity index is 1.42. The smallest absolute Gasteiger partial charge is 0.234 e. The van der Waals surface area contributed by atoms with Crippen molar-refractivity contribution in [2.24, 2.45) is 0 Å². The molecule has 1 atom stereocenters. The third-order valence-corrected chi connectivity index (χ3v) is 6.70. The van der Waals surface area contributed by atoms with Crippen molar-refractivity contribution in [3.63, 3.8) is 0 Å². The first-order chi connectivity index (χ1) is 18.1. The number of carbonyl (C=O) groups excluding carboxylic acids is 2. The van der Waals surface area contributed by atoms with E-state index in [2.05, 4.69) is 43.8 Å². The molecule has 2 heterocycles. The maximum atomic E-state index is 12.9. The number of nitrogens with one attached hydrogen (secondary N) is 2. The van der Waals surface area contributed by atoms with E-state index >= 15 is 0 Å². The van der Waals surface area contributed by atoms with Gasteiger partial charge < -0.3 is 15.4 Å². The molecule has 1 unspecified atom stereocenters. The Morgan fingerprint density at radius 1 is 1.00 bits per heavy atom. The van der Waals surface area contributed by atoms with Gasteiger partial charge in [0.15, 0.2) is 0 Å². The maximum Gasteiger partial charge on any atom is 0.234 e. The Bertz CT molecular complexity index is 1140. The Labute approximate surface area is 218 Å². The number of rotatable bonds is 6. The molecule has 2 amide bonds. The Kier molecular flexibility index (Phi) is 9.65. The largest absolute Gasteiger partial charge is 0.496 e. The van der Waals surface area contributed by atoms with Crippen LogP contribution >= 0.6 is 0 Å². The highest BCUT2D eigenvalue weighted by Crippen LogP contribution is 2.25. The molecule has 1 saturated heterocycles. The number of aromatic nitrogens is 3. The number of methoxy groups -OCH3 is 1. The molecule has 9 nitrogen and oxygen atoms in total. The minimum Gasteiger partial charge on any atom is -0.496 e. The van der Waals surface area contributed by atoms with E-state index in [1.807, 2.05) is 30.3 Å². The molecular formula is C28H36N6O3. The highest BCUT2D eigenvalue weighted by Gasteiger charge is 2.17. The molecular weight excluding hydrogens is 468 g/mol. The summed E-state index contributed by atoms with van der Waals surface area (Å²) in [5.41, 5.74) is 3.29. The Hall–Kier alpha value is -3.72. The van der Waals surface area contributed by atoms with Crippen LogP contribution in [0.4, 0.5) is 0 Å². The van der Waals surface area contributed by atoms with Crippen LogP contribution in [0.3, 0.4) is 0 Å². The van der Waals surface area contributed by atoms with Crippen molar-refractivity contribution in [2.45, 2.75) is 44.7 Å². The number of benzene rings is 2. The predicted molar refractivity (Wildman–Crippen MR) is 141 cm³/mol. The van der Waals surface area contributed by atoms with Crippen LogP contribution in [-0.2, 0) is 22.7 Å². The van der Waals surface area contributed by atoms with E-state index in [1.54, 1.807) is 18.1 Å². The molecule has 196 valence electrons. The molecule has 0 bridgehead atoms. The Morgan fingerprint density at radius 2 is 1.84 bits per heavy atom. The summed E-state index contributed by atoms with van der Waals surface area (Å²) in [6, 6.07) is 16.3. The monoisotopic (exact) mass is 504 g/mol. The molecule has 3 aromatic rings. The van der Waals surface area contributed by atoms with Gasteiger partial charge in [-0.05, 0) is 48.4 Å². The fourth-order valence-electron chi connectivity index (χ4n) is 4.79. The number of hydrogen-bond acceptors (Lipinski definition) is 6. The van der Waals surface area contributed by atoms with Gasteiger partial charge in [0.05, 0.1) is 20.2 Å². The molecule has 1 fully saturated rings. The molecule has 2 N–H and O–H groups in total.